The van der Waals surface area contributed by atoms with Crippen LogP contribution in [0.4, 0.5) is 0 Å². The summed E-state index contributed by atoms with van der Waals surface area (Å²) in [6, 6.07) is 14.8. The Morgan fingerprint density at radius 1 is 1.12 bits per heavy atom. The van der Waals surface area contributed by atoms with Gasteiger partial charge in [-0.25, -0.2) is 13.1 Å². The fourth-order valence-corrected chi connectivity index (χ4v) is 7.48. The Morgan fingerprint density at radius 3 is 2.58 bits per heavy atom. The molecule has 1 saturated carbocycles. The smallest absolute Gasteiger partial charge is 0.260 e. The standard InChI is InChI=1S/C30H41N3O6S/c1-32-19-25(34)18-31-40(36,37)28-12-11-24(23-7-5-6-8-23)17-27(28)39-22-30(21-32)13-15-33(16-14-30)29(35)20-38-26-9-3-2-4-10-26/h2-4,9-12,17,23,25,31,34H,5-8,13-16,18-22H2,1H3. The number of para-hydroxylation sites is 1. The van der Waals surface area contributed by atoms with Crippen LogP contribution in [0, 0.1) is 5.41 Å². The summed E-state index contributed by atoms with van der Waals surface area (Å²) in [5.74, 6) is 1.39. The molecule has 2 aromatic rings. The molecule has 2 heterocycles. The highest BCUT2D eigenvalue weighted by Gasteiger charge is 2.39. The number of nitrogens with zero attached hydrogens (tertiary/aromatic N) is 2. The van der Waals surface area contributed by atoms with Crippen molar-refractivity contribution >= 4 is 15.9 Å². The number of sulfonamides is 1. The Bertz CT molecular complexity index is 1260. The van der Waals surface area contributed by atoms with Crippen molar-refractivity contribution in [2.24, 2.45) is 5.41 Å². The number of β-amino-alcohol motifs (C(OH)–C–C–N with tert-alkyl or cyclic N) is 1. The molecule has 40 heavy (non-hydrogen) atoms. The highest BCUT2D eigenvalue weighted by atomic mass is 32.2. The lowest BCUT2D eigenvalue weighted by molar-refractivity contribution is -0.136. The molecule has 1 unspecified atom stereocenters. The number of carbonyl (C=O) groups is 1. The third-order valence-corrected chi connectivity index (χ3v) is 10.00. The predicted octanol–water partition coefficient (Wildman–Crippen LogP) is 3.00. The lowest BCUT2D eigenvalue weighted by Gasteiger charge is -2.44. The van der Waals surface area contributed by atoms with E-state index in [0.717, 1.165) is 18.4 Å². The van der Waals surface area contributed by atoms with Crippen LogP contribution in [0.25, 0.3) is 0 Å². The van der Waals surface area contributed by atoms with Crippen LogP contribution in [0.2, 0.25) is 0 Å². The Labute approximate surface area is 237 Å². The summed E-state index contributed by atoms with van der Waals surface area (Å²) in [5, 5.41) is 10.6. The van der Waals surface area contributed by atoms with E-state index in [2.05, 4.69) is 4.72 Å². The molecule has 1 aliphatic carbocycles. The molecule has 0 bridgehead atoms. The fourth-order valence-electron chi connectivity index (χ4n) is 6.28. The highest BCUT2D eigenvalue weighted by Crippen LogP contribution is 2.39. The van der Waals surface area contributed by atoms with Gasteiger partial charge in [-0.2, -0.15) is 0 Å². The molecule has 2 aliphatic heterocycles. The minimum Gasteiger partial charge on any atom is -0.492 e. The van der Waals surface area contributed by atoms with Crippen LogP contribution < -0.4 is 14.2 Å². The van der Waals surface area contributed by atoms with Crippen molar-refractivity contribution in [3.63, 3.8) is 0 Å². The number of rotatable bonds is 4. The van der Waals surface area contributed by atoms with Crippen molar-refractivity contribution in [2.75, 3.05) is 53.0 Å². The molecule has 5 rings (SSSR count). The number of fused-ring (bicyclic) bond motifs is 1. The molecule has 218 valence electrons. The van der Waals surface area contributed by atoms with Crippen LogP contribution in [0.3, 0.4) is 0 Å². The Hall–Kier alpha value is -2.66. The third kappa shape index (κ3) is 6.97. The molecule has 1 saturated heterocycles. The molecule has 1 atom stereocenters. The summed E-state index contributed by atoms with van der Waals surface area (Å²) in [6.45, 7) is 2.35. The van der Waals surface area contributed by atoms with Gasteiger partial charge in [0.2, 0.25) is 10.0 Å². The van der Waals surface area contributed by atoms with E-state index >= 15 is 0 Å². The third-order valence-electron chi connectivity index (χ3n) is 8.54. The first-order valence-electron chi connectivity index (χ1n) is 14.3. The molecule has 9 nitrogen and oxygen atoms in total. The van der Waals surface area contributed by atoms with Gasteiger partial charge in [0.25, 0.3) is 5.91 Å². The van der Waals surface area contributed by atoms with E-state index in [1.165, 1.54) is 12.8 Å². The number of hydrogen-bond donors (Lipinski definition) is 2. The quantitative estimate of drug-likeness (QED) is 0.581. The van der Waals surface area contributed by atoms with Crippen LogP contribution in [0.15, 0.2) is 53.4 Å². The summed E-state index contributed by atoms with van der Waals surface area (Å²) < 4.78 is 41.2. The van der Waals surface area contributed by atoms with E-state index in [-0.39, 0.29) is 29.4 Å². The molecule has 2 fully saturated rings. The number of carbonyl (C=O) groups excluding carboxylic acids is 1. The number of amides is 1. The van der Waals surface area contributed by atoms with E-state index < -0.39 is 16.1 Å². The largest absolute Gasteiger partial charge is 0.492 e. The first-order valence-corrected chi connectivity index (χ1v) is 15.8. The molecular weight excluding hydrogens is 530 g/mol. The fraction of sp³-hybridized carbons (Fsp3) is 0.567. The molecule has 0 aromatic heterocycles. The molecule has 1 spiro atoms. The van der Waals surface area contributed by atoms with Gasteiger partial charge in [0.05, 0.1) is 12.7 Å². The summed E-state index contributed by atoms with van der Waals surface area (Å²) >= 11 is 0. The number of aliphatic hydroxyl groups is 1. The van der Waals surface area contributed by atoms with Crippen molar-refractivity contribution in [2.45, 2.75) is 55.4 Å². The predicted molar refractivity (Wildman–Crippen MR) is 152 cm³/mol. The van der Waals surface area contributed by atoms with Crippen molar-refractivity contribution in [1.82, 2.24) is 14.5 Å². The van der Waals surface area contributed by atoms with Crippen LogP contribution in [0.5, 0.6) is 11.5 Å². The number of likely N-dealkylation sites (N-methyl/N-ethyl adjacent to an activating group) is 1. The summed E-state index contributed by atoms with van der Waals surface area (Å²) in [5.41, 5.74) is 0.811. The Balaban J connectivity index is 1.34. The second-order valence-corrected chi connectivity index (χ2v) is 13.4. The van der Waals surface area contributed by atoms with Gasteiger partial charge in [-0.05, 0) is 68.5 Å². The average Bonchev–Trinajstić information content (AvgIpc) is 3.49. The maximum Gasteiger partial charge on any atom is 0.260 e. The number of hydrogen-bond acceptors (Lipinski definition) is 7. The van der Waals surface area contributed by atoms with Crippen molar-refractivity contribution in [3.05, 3.63) is 54.1 Å². The minimum atomic E-state index is -3.87. The lowest BCUT2D eigenvalue weighted by Crippen LogP contribution is -2.52. The Morgan fingerprint density at radius 2 is 1.85 bits per heavy atom. The van der Waals surface area contributed by atoms with Gasteiger partial charge >= 0.3 is 0 Å². The normalized spacial score (nSPS) is 23.9. The monoisotopic (exact) mass is 571 g/mol. The maximum absolute atomic E-state index is 13.2. The summed E-state index contributed by atoms with van der Waals surface area (Å²) in [7, 11) is -1.94. The molecule has 0 radical (unpaired) electrons. The van der Waals surface area contributed by atoms with Crippen LogP contribution in [-0.4, -0.2) is 88.3 Å². The van der Waals surface area contributed by atoms with E-state index in [1.807, 2.05) is 59.3 Å². The molecule has 10 heteroatoms. The number of likely N-dealkylation sites (tertiary alicyclic amines) is 1. The number of ether oxygens (including phenoxy) is 2. The highest BCUT2D eigenvalue weighted by molar-refractivity contribution is 7.89. The van der Waals surface area contributed by atoms with Crippen molar-refractivity contribution < 1.29 is 27.8 Å². The zero-order valence-corrected chi connectivity index (χ0v) is 24.1. The number of benzene rings is 2. The van der Waals surface area contributed by atoms with E-state index in [1.54, 1.807) is 6.07 Å². The number of aliphatic hydroxyl groups excluding tert-OH is 1. The van der Waals surface area contributed by atoms with Crippen LogP contribution in [-0.2, 0) is 14.8 Å². The molecule has 1 amide bonds. The first kappa shape index (κ1) is 28.9. The lowest BCUT2D eigenvalue weighted by atomic mass is 9.78. The van der Waals surface area contributed by atoms with Crippen LogP contribution in [0.1, 0.15) is 50.0 Å². The van der Waals surface area contributed by atoms with Gasteiger partial charge in [0.15, 0.2) is 6.61 Å². The zero-order valence-electron chi connectivity index (χ0n) is 23.3. The van der Waals surface area contributed by atoms with Gasteiger partial charge in [0, 0.05) is 38.1 Å². The summed E-state index contributed by atoms with van der Waals surface area (Å²) in [6.07, 6.45) is 5.11. The number of nitrogens with one attached hydrogen (secondary N) is 1. The van der Waals surface area contributed by atoms with E-state index in [9.17, 15) is 18.3 Å². The molecule has 2 aromatic carbocycles. The average molecular weight is 572 g/mol. The van der Waals surface area contributed by atoms with Gasteiger partial charge in [-0.1, -0.05) is 37.1 Å². The topological polar surface area (TPSA) is 108 Å². The maximum atomic E-state index is 13.2. The Kier molecular flexibility index (Phi) is 8.99. The van der Waals surface area contributed by atoms with Gasteiger partial charge in [-0.15, -0.1) is 0 Å². The molecule has 2 N–H and O–H groups in total. The van der Waals surface area contributed by atoms with Gasteiger partial charge in [0.1, 0.15) is 16.4 Å². The molecule has 3 aliphatic rings. The number of piperidine rings is 1. The van der Waals surface area contributed by atoms with Crippen molar-refractivity contribution in [3.8, 4) is 11.5 Å². The second kappa shape index (κ2) is 12.5. The van der Waals surface area contributed by atoms with E-state index in [0.29, 0.717) is 63.0 Å². The first-order chi connectivity index (χ1) is 19.2. The molecular formula is C30H41N3O6S. The van der Waals surface area contributed by atoms with E-state index in [4.69, 9.17) is 9.47 Å². The summed E-state index contributed by atoms with van der Waals surface area (Å²) in [4.78, 5) is 16.9. The van der Waals surface area contributed by atoms with Crippen molar-refractivity contribution in [1.29, 1.82) is 0 Å². The SMILES string of the molecule is CN1CC(O)CNS(=O)(=O)c2ccc(C3CCCC3)cc2OCC2(CCN(C(=O)COc3ccccc3)CC2)C1. The van der Waals surface area contributed by atoms with Gasteiger partial charge < -0.3 is 24.4 Å². The van der Waals surface area contributed by atoms with Gasteiger partial charge in [-0.3, -0.25) is 4.79 Å². The van der Waals surface area contributed by atoms with Crippen LogP contribution >= 0.6 is 0 Å². The second-order valence-electron chi connectivity index (χ2n) is 11.7. The minimum absolute atomic E-state index is 0.0121. The zero-order chi connectivity index (χ0) is 28.2.